The minimum atomic E-state index is -0.339. The van der Waals surface area contributed by atoms with Crippen molar-refractivity contribution in [3.05, 3.63) is 35.9 Å². The summed E-state index contributed by atoms with van der Waals surface area (Å²) in [6, 6.07) is 8.86. The van der Waals surface area contributed by atoms with Gasteiger partial charge in [0.25, 0.3) is 0 Å². The maximum Gasteiger partial charge on any atom is 0.338 e. The average Bonchev–Trinajstić information content (AvgIpc) is 2.46. The highest BCUT2D eigenvalue weighted by Gasteiger charge is 2.05. The number of hydrogen-bond acceptors (Lipinski definition) is 5. The van der Waals surface area contributed by atoms with E-state index in [1.165, 1.54) is 0 Å². The lowest BCUT2D eigenvalue weighted by Gasteiger charge is -2.10. The van der Waals surface area contributed by atoms with E-state index < -0.39 is 0 Å². The summed E-state index contributed by atoms with van der Waals surface area (Å²) in [6.45, 7) is 3.42. The van der Waals surface area contributed by atoms with Gasteiger partial charge in [0.2, 0.25) is 0 Å². The molecular formula is C14H21NO4. The number of hydrogen-bond donors (Lipinski definition) is 1. The topological polar surface area (TPSA) is 70.8 Å². The van der Waals surface area contributed by atoms with Gasteiger partial charge < -0.3 is 19.9 Å². The van der Waals surface area contributed by atoms with Crippen molar-refractivity contribution in [3.63, 3.8) is 0 Å². The molecule has 0 spiro atoms. The summed E-state index contributed by atoms with van der Waals surface area (Å²) in [5.74, 6) is -0.339. The molecule has 19 heavy (non-hydrogen) atoms. The van der Waals surface area contributed by atoms with Crippen LogP contribution in [0.3, 0.4) is 0 Å². The van der Waals surface area contributed by atoms with E-state index in [0.29, 0.717) is 25.4 Å². The fraction of sp³-hybridized carbons (Fsp3) is 0.500. The normalized spacial score (nSPS) is 12.1. The maximum atomic E-state index is 11.5. The summed E-state index contributed by atoms with van der Waals surface area (Å²) in [7, 11) is 0. The molecule has 0 aliphatic heterocycles. The highest BCUT2D eigenvalue weighted by atomic mass is 16.6. The van der Waals surface area contributed by atoms with E-state index in [-0.39, 0.29) is 18.8 Å². The minimum Gasteiger partial charge on any atom is -0.460 e. The van der Waals surface area contributed by atoms with Crippen molar-refractivity contribution >= 4 is 5.97 Å². The molecule has 1 aromatic carbocycles. The Bertz CT molecular complexity index is 356. The minimum absolute atomic E-state index is 0.230. The number of nitrogens with two attached hydrogens (primary N) is 1. The molecule has 2 N–H and O–H groups in total. The molecule has 0 saturated carbocycles. The fourth-order valence-corrected chi connectivity index (χ4v) is 1.33. The van der Waals surface area contributed by atoms with Crippen LogP contribution in [0, 0.1) is 0 Å². The van der Waals surface area contributed by atoms with Crippen LogP contribution in [0.15, 0.2) is 30.3 Å². The van der Waals surface area contributed by atoms with Crippen LogP contribution in [0.25, 0.3) is 0 Å². The van der Waals surface area contributed by atoms with Gasteiger partial charge in [-0.2, -0.15) is 0 Å². The number of rotatable bonds is 9. The SMILES string of the molecule is CCC(N)OCCOCCOC(=O)c1ccccc1. The molecule has 0 bridgehead atoms. The lowest BCUT2D eigenvalue weighted by atomic mass is 10.2. The van der Waals surface area contributed by atoms with E-state index in [1.807, 2.05) is 13.0 Å². The van der Waals surface area contributed by atoms with Crippen LogP contribution in [0.2, 0.25) is 0 Å². The molecule has 0 aliphatic carbocycles. The lowest BCUT2D eigenvalue weighted by molar-refractivity contribution is -0.00720. The summed E-state index contributed by atoms with van der Waals surface area (Å²) in [6.07, 6.45) is 0.536. The Morgan fingerprint density at radius 2 is 1.84 bits per heavy atom. The van der Waals surface area contributed by atoms with E-state index in [0.717, 1.165) is 6.42 Å². The first-order valence-electron chi connectivity index (χ1n) is 6.41. The number of carbonyl (C=O) groups excluding carboxylic acids is 1. The molecule has 1 unspecified atom stereocenters. The summed E-state index contributed by atoms with van der Waals surface area (Å²) in [5.41, 5.74) is 6.11. The molecule has 0 fully saturated rings. The van der Waals surface area contributed by atoms with Crippen LogP contribution >= 0.6 is 0 Å². The van der Waals surface area contributed by atoms with Crippen LogP contribution in [-0.2, 0) is 14.2 Å². The largest absolute Gasteiger partial charge is 0.460 e. The lowest BCUT2D eigenvalue weighted by Crippen LogP contribution is -2.24. The molecule has 1 aromatic rings. The van der Waals surface area contributed by atoms with Crippen LogP contribution in [0.5, 0.6) is 0 Å². The third-order valence-electron chi connectivity index (χ3n) is 2.43. The zero-order valence-corrected chi connectivity index (χ0v) is 11.2. The van der Waals surface area contributed by atoms with Crippen LogP contribution in [0.4, 0.5) is 0 Å². The highest BCUT2D eigenvalue weighted by molar-refractivity contribution is 5.89. The molecular weight excluding hydrogens is 246 g/mol. The molecule has 106 valence electrons. The standard InChI is InChI=1S/C14H21NO4/c1-2-13(15)18-10-8-17-9-11-19-14(16)12-6-4-3-5-7-12/h3-7,13H,2,8-11,15H2,1H3. The van der Waals surface area contributed by atoms with Crippen molar-refractivity contribution in [2.45, 2.75) is 19.6 Å². The first-order valence-corrected chi connectivity index (χ1v) is 6.41. The molecule has 1 rings (SSSR count). The number of ether oxygens (including phenoxy) is 3. The third kappa shape index (κ3) is 6.91. The number of carbonyl (C=O) groups is 1. The maximum absolute atomic E-state index is 11.5. The average molecular weight is 267 g/mol. The van der Waals surface area contributed by atoms with Gasteiger partial charge >= 0.3 is 5.97 Å². The third-order valence-corrected chi connectivity index (χ3v) is 2.43. The summed E-state index contributed by atoms with van der Waals surface area (Å²) < 4.78 is 15.5. The molecule has 0 aliphatic rings. The Hall–Kier alpha value is -1.43. The summed E-state index contributed by atoms with van der Waals surface area (Å²) in [4.78, 5) is 11.5. The number of benzene rings is 1. The van der Waals surface area contributed by atoms with Gasteiger partial charge in [-0.3, -0.25) is 0 Å². The Morgan fingerprint density at radius 3 is 2.53 bits per heavy atom. The number of esters is 1. The van der Waals surface area contributed by atoms with Gasteiger partial charge in [0.15, 0.2) is 0 Å². The predicted molar refractivity (Wildman–Crippen MR) is 71.8 cm³/mol. The van der Waals surface area contributed by atoms with Gasteiger partial charge in [-0.05, 0) is 18.6 Å². The van der Waals surface area contributed by atoms with Crippen LogP contribution in [-0.4, -0.2) is 38.6 Å². The van der Waals surface area contributed by atoms with Crippen molar-refractivity contribution in [3.8, 4) is 0 Å². The predicted octanol–water partition coefficient (Wildman–Crippen LogP) is 1.57. The highest BCUT2D eigenvalue weighted by Crippen LogP contribution is 2.00. The van der Waals surface area contributed by atoms with Gasteiger partial charge in [0.1, 0.15) is 12.8 Å². The monoisotopic (exact) mass is 267 g/mol. The first-order chi connectivity index (χ1) is 9.24. The molecule has 0 radical (unpaired) electrons. The fourth-order valence-electron chi connectivity index (χ4n) is 1.33. The van der Waals surface area contributed by atoms with Crippen LogP contribution in [0.1, 0.15) is 23.7 Å². The quantitative estimate of drug-likeness (QED) is 0.418. The van der Waals surface area contributed by atoms with Gasteiger partial charge in [-0.1, -0.05) is 25.1 Å². The Labute approximate surface area is 113 Å². The second-order valence-electron chi connectivity index (χ2n) is 3.93. The Morgan fingerprint density at radius 1 is 1.16 bits per heavy atom. The van der Waals surface area contributed by atoms with E-state index in [2.05, 4.69) is 0 Å². The van der Waals surface area contributed by atoms with Crippen molar-refractivity contribution in [2.75, 3.05) is 26.4 Å². The van der Waals surface area contributed by atoms with Gasteiger partial charge in [-0.25, -0.2) is 4.79 Å². The van der Waals surface area contributed by atoms with Gasteiger partial charge in [-0.15, -0.1) is 0 Å². The van der Waals surface area contributed by atoms with Crippen LogP contribution < -0.4 is 5.73 Å². The molecule has 5 heteroatoms. The first kappa shape index (κ1) is 15.6. The Kier molecular flexibility index (Phi) is 7.81. The second-order valence-corrected chi connectivity index (χ2v) is 3.93. The summed E-state index contributed by atoms with van der Waals surface area (Å²) >= 11 is 0. The zero-order valence-electron chi connectivity index (χ0n) is 11.2. The molecule has 0 aromatic heterocycles. The zero-order chi connectivity index (χ0) is 13.9. The molecule has 0 amide bonds. The van der Waals surface area contributed by atoms with E-state index in [4.69, 9.17) is 19.9 Å². The van der Waals surface area contributed by atoms with Gasteiger partial charge in [0, 0.05) is 0 Å². The molecule has 0 heterocycles. The van der Waals surface area contributed by atoms with Crippen molar-refractivity contribution in [2.24, 2.45) is 5.73 Å². The van der Waals surface area contributed by atoms with E-state index in [9.17, 15) is 4.79 Å². The summed E-state index contributed by atoms with van der Waals surface area (Å²) in [5, 5.41) is 0. The molecule has 0 saturated heterocycles. The Balaban J connectivity index is 2.01. The van der Waals surface area contributed by atoms with Gasteiger partial charge in [0.05, 0.1) is 25.4 Å². The molecule has 1 atom stereocenters. The van der Waals surface area contributed by atoms with E-state index >= 15 is 0 Å². The van der Waals surface area contributed by atoms with Crippen molar-refractivity contribution in [1.82, 2.24) is 0 Å². The second kappa shape index (κ2) is 9.49. The molecule has 5 nitrogen and oxygen atoms in total. The van der Waals surface area contributed by atoms with Crippen molar-refractivity contribution in [1.29, 1.82) is 0 Å². The smallest absolute Gasteiger partial charge is 0.338 e. The van der Waals surface area contributed by atoms with Crippen molar-refractivity contribution < 1.29 is 19.0 Å². The van der Waals surface area contributed by atoms with E-state index in [1.54, 1.807) is 24.3 Å².